The van der Waals surface area contributed by atoms with E-state index in [1.807, 2.05) is 12.1 Å². The molecule has 5 nitrogen and oxygen atoms in total. The normalized spacial score (nSPS) is 14.2. The maximum absolute atomic E-state index is 12.5. The molecule has 25 heavy (non-hydrogen) atoms. The number of amides is 1. The zero-order valence-electron chi connectivity index (χ0n) is 14.8. The van der Waals surface area contributed by atoms with E-state index in [2.05, 4.69) is 17.1 Å². The lowest BCUT2D eigenvalue weighted by molar-refractivity contribution is 0.102. The maximum Gasteiger partial charge on any atom is 0.255 e. The highest BCUT2D eigenvalue weighted by Crippen LogP contribution is 2.31. The SMILES string of the molecule is COc1ccc(C(=O)Nc2cc(N3CCCCC3)c(C)cc2N)cc1. The summed E-state index contributed by atoms with van der Waals surface area (Å²) in [6, 6.07) is 11.0. The number of rotatable bonds is 4. The molecule has 0 atom stereocenters. The van der Waals surface area contributed by atoms with Crippen LogP contribution in [0.5, 0.6) is 5.75 Å². The third kappa shape index (κ3) is 3.87. The molecular formula is C20H25N3O2. The largest absolute Gasteiger partial charge is 0.497 e. The summed E-state index contributed by atoms with van der Waals surface area (Å²) in [6.45, 7) is 4.17. The van der Waals surface area contributed by atoms with Crippen LogP contribution in [0.25, 0.3) is 0 Å². The molecule has 1 amide bonds. The number of nitrogens with two attached hydrogens (primary N) is 1. The number of piperidine rings is 1. The number of carbonyl (C=O) groups excluding carboxylic acids is 1. The number of hydrogen-bond acceptors (Lipinski definition) is 4. The minimum absolute atomic E-state index is 0.178. The number of nitrogen functional groups attached to an aromatic ring is 1. The second-order valence-corrected chi connectivity index (χ2v) is 6.46. The number of ether oxygens (including phenoxy) is 1. The van der Waals surface area contributed by atoms with Gasteiger partial charge in [0, 0.05) is 24.3 Å². The molecule has 0 aromatic heterocycles. The molecule has 2 aromatic carbocycles. The Morgan fingerprint density at radius 3 is 2.44 bits per heavy atom. The summed E-state index contributed by atoms with van der Waals surface area (Å²) in [4.78, 5) is 14.9. The third-order valence-corrected chi connectivity index (χ3v) is 4.67. The van der Waals surface area contributed by atoms with Crippen LogP contribution >= 0.6 is 0 Å². The van der Waals surface area contributed by atoms with E-state index < -0.39 is 0 Å². The van der Waals surface area contributed by atoms with E-state index >= 15 is 0 Å². The lowest BCUT2D eigenvalue weighted by Crippen LogP contribution is -2.30. The molecule has 0 unspecified atom stereocenters. The Bertz CT molecular complexity index is 750. The van der Waals surface area contributed by atoms with Crippen LogP contribution in [0.3, 0.4) is 0 Å². The van der Waals surface area contributed by atoms with E-state index in [0.29, 0.717) is 16.9 Å². The second kappa shape index (κ2) is 7.47. The fourth-order valence-corrected chi connectivity index (χ4v) is 3.24. The van der Waals surface area contributed by atoms with Gasteiger partial charge >= 0.3 is 0 Å². The number of benzene rings is 2. The molecule has 1 aliphatic heterocycles. The average molecular weight is 339 g/mol. The summed E-state index contributed by atoms with van der Waals surface area (Å²) < 4.78 is 5.13. The van der Waals surface area contributed by atoms with Gasteiger partial charge < -0.3 is 20.7 Å². The smallest absolute Gasteiger partial charge is 0.255 e. The van der Waals surface area contributed by atoms with Crippen LogP contribution in [0.4, 0.5) is 17.1 Å². The molecular weight excluding hydrogens is 314 g/mol. The first kappa shape index (κ1) is 17.1. The zero-order chi connectivity index (χ0) is 17.8. The van der Waals surface area contributed by atoms with Gasteiger partial charge in [-0.2, -0.15) is 0 Å². The molecule has 1 saturated heterocycles. The minimum Gasteiger partial charge on any atom is -0.497 e. The van der Waals surface area contributed by atoms with Crippen molar-refractivity contribution in [2.45, 2.75) is 26.2 Å². The quantitative estimate of drug-likeness (QED) is 0.831. The van der Waals surface area contributed by atoms with Gasteiger partial charge in [-0.1, -0.05) is 0 Å². The average Bonchev–Trinajstić information content (AvgIpc) is 2.64. The Labute approximate surface area is 148 Å². The van der Waals surface area contributed by atoms with Gasteiger partial charge in [-0.15, -0.1) is 0 Å². The van der Waals surface area contributed by atoms with Crippen LogP contribution in [0.2, 0.25) is 0 Å². The van der Waals surface area contributed by atoms with Crippen molar-refractivity contribution in [1.82, 2.24) is 0 Å². The van der Waals surface area contributed by atoms with Crippen molar-refractivity contribution >= 4 is 23.0 Å². The van der Waals surface area contributed by atoms with E-state index in [1.165, 1.54) is 19.3 Å². The summed E-state index contributed by atoms with van der Waals surface area (Å²) in [7, 11) is 1.60. The van der Waals surface area contributed by atoms with Crippen molar-refractivity contribution in [2.24, 2.45) is 0 Å². The van der Waals surface area contributed by atoms with E-state index in [9.17, 15) is 4.79 Å². The first-order valence-corrected chi connectivity index (χ1v) is 8.69. The van der Waals surface area contributed by atoms with Gasteiger partial charge in [-0.05, 0) is 68.1 Å². The highest BCUT2D eigenvalue weighted by molar-refractivity contribution is 6.06. The van der Waals surface area contributed by atoms with Crippen molar-refractivity contribution in [3.8, 4) is 5.75 Å². The van der Waals surface area contributed by atoms with E-state index in [-0.39, 0.29) is 5.91 Å². The molecule has 2 aromatic rings. The lowest BCUT2D eigenvalue weighted by atomic mass is 10.1. The monoisotopic (exact) mass is 339 g/mol. The van der Waals surface area contributed by atoms with Gasteiger partial charge in [0.2, 0.25) is 0 Å². The number of nitrogens with zero attached hydrogens (tertiary/aromatic N) is 1. The number of hydrogen-bond donors (Lipinski definition) is 2. The maximum atomic E-state index is 12.5. The highest BCUT2D eigenvalue weighted by atomic mass is 16.5. The highest BCUT2D eigenvalue weighted by Gasteiger charge is 2.16. The second-order valence-electron chi connectivity index (χ2n) is 6.46. The molecule has 5 heteroatoms. The molecule has 1 heterocycles. The Morgan fingerprint density at radius 2 is 1.80 bits per heavy atom. The van der Waals surface area contributed by atoms with E-state index in [1.54, 1.807) is 31.4 Å². The third-order valence-electron chi connectivity index (χ3n) is 4.67. The van der Waals surface area contributed by atoms with Gasteiger partial charge in [0.05, 0.1) is 18.5 Å². The van der Waals surface area contributed by atoms with Gasteiger partial charge in [0.15, 0.2) is 0 Å². The molecule has 0 aliphatic carbocycles. The number of aryl methyl sites for hydroxylation is 1. The first-order chi connectivity index (χ1) is 12.1. The predicted octanol–water partition coefficient (Wildman–Crippen LogP) is 3.83. The van der Waals surface area contributed by atoms with Crippen LogP contribution in [0.15, 0.2) is 36.4 Å². The Balaban J connectivity index is 1.82. The Hall–Kier alpha value is -2.69. The van der Waals surface area contributed by atoms with Crippen molar-refractivity contribution < 1.29 is 9.53 Å². The Morgan fingerprint density at radius 1 is 1.12 bits per heavy atom. The van der Waals surface area contributed by atoms with Gasteiger partial charge in [0.1, 0.15) is 5.75 Å². The fraction of sp³-hybridized carbons (Fsp3) is 0.350. The van der Waals surface area contributed by atoms with Crippen molar-refractivity contribution in [1.29, 1.82) is 0 Å². The number of nitrogens with one attached hydrogen (secondary N) is 1. The molecule has 1 aliphatic rings. The number of anilines is 3. The van der Waals surface area contributed by atoms with Crippen LogP contribution in [0.1, 0.15) is 35.2 Å². The van der Waals surface area contributed by atoms with Crippen LogP contribution in [-0.2, 0) is 0 Å². The molecule has 1 fully saturated rings. The molecule has 3 N–H and O–H groups in total. The van der Waals surface area contributed by atoms with E-state index in [4.69, 9.17) is 10.5 Å². The molecule has 0 spiro atoms. The van der Waals surface area contributed by atoms with Crippen LogP contribution in [-0.4, -0.2) is 26.1 Å². The molecule has 132 valence electrons. The summed E-state index contributed by atoms with van der Waals surface area (Å²) >= 11 is 0. The van der Waals surface area contributed by atoms with E-state index in [0.717, 1.165) is 30.1 Å². The zero-order valence-corrected chi connectivity index (χ0v) is 14.8. The summed E-state index contributed by atoms with van der Waals surface area (Å²) in [6.07, 6.45) is 3.69. The standard InChI is InChI=1S/C20H25N3O2/c1-14-12-17(21)18(13-19(14)23-10-4-3-5-11-23)22-20(24)15-6-8-16(25-2)9-7-15/h6-9,12-13H,3-5,10-11,21H2,1-2H3,(H,22,24). The molecule has 0 saturated carbocycles. The number of methoxy groups -OCH3 is 1. The van der Waals surface area contributed by atoms with Crippen molar-refractivity contribution in [2.75, 3.05) is 36.1 Å². The molecule has 0 radical (unpaired) electrons. The van der Waals surface area contributed by atoms with Gasteiger partial charge in [-0.25, -0.2) is 0 Å². The lowest BCUT2D eigenvalue weighted by Gasteiger charge is -2.31. The molecule has 3 rings (SSSR count). The van der Waals surface area contributed by atoms with Crippen LogP contribution < -0.4 is 20.7 Å². The van der Waals surface area contributed by atoms with Crippen molar-refractivity contribution in [3.63, 3.8) is 0 Å². The fourth-order valence-electron chi connectivity index (χ4n) is 3.24. The van der Waals surface area contributed by atoms with Gasteiger partial charge in [-0.3, -0.25) is 4.79 Å². The Kier molecular flexibility index (Phi) is 5.12. The number of carbonyl (C=O) groups is 1. The minimum atomic E-state index is -0.178. The summed E-state index contributed by atoms with van der Waals surface area (Å²) in [5, 5.41) is 2.94. The van der Waals surface area contributed by atoms with Gasteiger partial charge in [0.25, 0.3) is 5.91 Å². The topological polar surface area (TPSA) is 67.6 Å². The first-order valence-electron chi connectivity index (χ1n) is 8.69. The predicted molar refractivity (Wildman–Crippen MR) is 103 cm³/mol. The summed E-state index contributed by atoms with van der Waals surface area (Å²) in [5.41, 5.74) is 10.2. The summed E-state index contributed by atoms with van der Waals surface area (Å²) in [5.74, 6) is 0.543. The molecule has 0 bridgehead atoms. The van der Waals surface area contributed by atoms with Crippen molar-refractivity contribution in [3.05, 3.63) is 47.5 Å². The van der Waals surface area contributed by atoms with Crippen LogP contribution in [0, 0.1) is 6.92 Å².